The van der Waals surface area contributed by atoms with Crippen LogP contribution in [-0.4, -0.2) is 0 Å². The summed E-state index contributed by atoms with van der Waals surface area (Å²) in [6, 6.07) is 9.68. The number of hydrogen-bond acceptors (Lipinski definition) is 1. The van der Waals surface area contributed by atoms with Crippen LogP contribution in [0.3, 0.4) is 0 Å². The summed E-state index contributed by atoms with van der Waals surface area (Å²) >= 11 is 1.66. The molecular formula is C6H7Cl2OTi. The standard InChI is InChI=1S/C6H6O.2ClH.Ti/c7-6-4-2-1-3-5-6;;;/h1-5,7H;2*1H;/q;;;+1/p-1. The number of rotatable bonds is 1. The zero-order valence-electron chi connectivity index (χ0n) is 5.11. The quantitative estimate of drug-likeness (QED) is 0.652. The molecule has 0 spiro atoms. The van der Waals surface area contributed by atoms with E-state index in [1.165, 1.54) is 0 Å². The number of hydrogen-bond donors (Lipinski definition) is 0. The first-order valence-electron chi connectivity index (χ1n) is 2.32. The van der Waals surface area contributed by atoms with E-state index in [0.29, 0.717) is 0 Å². The summed E-state index contributed by atoms with van der Waals surface area (Å²) in [5.74, 6) is 0.910. The molecule has 0 bridgehead atoms. The molecule has 1 aromatic carbocycles. The van der Waals surface area contributed by atoms with Gasteiger partial charge < -0.3 is 0 Å². The van der Waals surface area contributed by atoms with Crippen molar-refractivity contribution in [2.75, 3.05) is 0 Å². The third-order valence-corrected chi connectivity index (χ3v) is 1.23. The van der Waals surface area contributed by atoms with Crippen LogP contribution in [0.15, 0.2) is 30.3 Å². The molecule has 1 aromatic rings. The Labute approximate surface area is 84.9 Å². The fourth-order valence-electron chi connectivity index (χ4n) is 0.489. The molecular weight excluding hydrogens is 207 g/mol. The van der Waals surface area contributed by atoms with Crippen molar-refractivity contribution in [2.24, 2.45) is 0 Å². The van der Waals surface area contributed by atoms with Crippen molar-refractivity contribution in [1.82, 2.24) is 0 Å². The van der Waals surface area contributed by atoms with Crippen molar-refractivity contribution in [3.8, 4) is 5.75 Å². The van der Waals surface area contributed by atoms with E-state index in [9.17, 15) is 0 Å². The van der Waals surface area contributed by atoms with Crippen LogP contribution >= 0.6 is 24.8 Å². The van der Waals surface area contributed by atoms with E-state index in [1.807, 2.05) is 30.3 Å². The van der Waals surface area contributed by atoms with Crippen molar-refractivity contribution in [2.45, 2.75) is 0 Å². The molecule has 0 fully saturated rings. The average molecular weight is 214 g/mol. The van der Waals surface area contributed by atoms with Gasteiger partial charge in [0, 0.05) is 0 Å². The molecule has 0 atom stereocenters. The van der Waals surface area contributed by atoms with Gasteiger partial charge >= 0.3 is 60.2 Å². The van der Waals surface area contributed by atoms with Gasteiger partial charge in [-0.25, -0.2) is 0 Å². The van der Waals surface area contributed by atoms with Gasteiger partial charge in [0.1, 0.15) is 0 Å². The van der Waals surface area contributed by atoms with Crippen molar-refractivity contribution in [1.29, 1.82) is 0 Å². The SMILES string of the molecule is Cl.Cl.[Ti][O]c1ccccc1. The third kappa shape index (κ3) is 4.18. The van der Waals surface area contributed by atoms with Crippen molar-refractivity contribution in [3.05, 3.63) is 30.3 Å². The molecule has 55 valence electrons. The Kier molecular flexibility index (Phi) is 9.61. The van der Waals surface area contributed by atoms with Gasteiger partial charge in [-0.15, -0.1) is 24.8 Å². The van der Waals surface area contributed by atoms with Crippen LogP contribution < -0.4 is 3.32 Å². The van der Waals surface area contributed by atoms with Gasteiger partial charge in [0.25, 0.3) is 0 Å². The van der Waals surface area contributed by atoms with E-state index < -0.39 is 0 Å². The Hall–Kier alpha value is 0.314. The Morgan fingerprint density at radius 3 is 1.80 bits per heavy atom. The van der Waals surface area contributed by atoms with Gasteiger partial charge in [-0.2, -0.15) is 0 Å². The topological polar surface area (TPSA) is 9.23 Å². The second-order valence-electron chi connectivity index (χ2n) is 1.42. The summed E-state index contributed by atoms with van der Waals surface area (Å²) in [6.45, 7) is 0. The molecule has 0 aliphatic heterocycles. The van der Waals surface area contributed by atoms with Crippen molar-refractivity contribution >= 4 is 24.8 Å². The molecule has 0 aliphatic rings. The van der Waals surface area contributed by atoms with Gasteiger partial charge in [-0.3, -0.25) is 0 Å². The molecule has 1 rings (SSSR count). The third-order valence-electron chi connectivity index (χ3n) is 0.861. The van der Waals surface area contributed by atoms with E-state index in [-0.39, 0.29) is 24.8 Å². The molecule has 0 saturated heterocycles. The van der Waals surface area contributed by atoms with Crippen LogP contribution in [0, 0.1) is 0 Å². The number of para-hydroxylation sites is 1. The maximum absolute atomic E-state index is 4.91. The fraction of sp³-hybridized carbons (Fsp3) is 0. The molecule has 0 aromatic heterocycles. The summed E-state index contributed by atoms with van der Waals surface area (Å²) < 4.78 is 4.91. The summed E-state index contributed by atoms with van der Waals surface area (Å²) in [5, 5.41) is 0. The first-order valence-corrected chi connectivity index (χ1v) is 2.96. The predicted molar refractivity (Wildman–Crippen MR) is 41.6 cm³/mol. The molecule has 0 amide bonds. The zero-order valence-corrected chi connectivity index (χ0v) is 8.31. The van der Waals surface area contributed by atoms with Crippen LogP contribution in [-0.2, 0) is 20.8 Å². The molecule has 0 aliphatic carbocycles. The van der Waals surface area contributed by atoms with E-state index in [2.05, 4.69) is 0 Å². The van der Waals surface area contributed by atoms with Gasteiger partial charge in [-0.05, 0) is 0 Å². The first-order chi connectivity index (χ1) is 3.93. The summed E-state index contributed by atoms with van der Waals surface area (Å²) in [6.07, 6.45) is 0. The monoisotopic (exact) mass is 213 g/mol. The first kappa shape index (κ1) is 12.9. The predicted octanol–water partition coefficient (Wildman–Crippen LogP) is 2.37. The average Bonchev–Trinajstić information content (AvgIpc) is 1.90. The van der Waals surface area contributed by atoms with Gasteiger partial charge in [0.15, 0.2) is 0 Å². The van der Waals surface area contributed by atoms with E-state index in [4.69, 9.17) is 3.32 Å². The Morgan fingerprint density at radius 1 is 1.00 bits per heavy atom. The van der Waals surface area contributed by atoms with Crippen LogP contribution in [0.25, 0.3) is 0 Å². The Balaban J connectivity index is 0. The summed E-state index contributed by atoms with van der Waals surface area (Å²) in [7, 11) is 0. The van der Waals surface area contributed by atoms with E-state index >= 15 is 0 Å². The molecule has 4 heteroatoms. The van der Waals surface area contributed by atoms with Crippen LogP contribution in [0.1, 0.15) is 0 Å². The van der Waals surface area contributed by atoms with Gasteiger partial charge in [-0.1, -0.05) is 0 Å². The fourth-order valence-corrected chi connectivity index (χ4v) is 0.701. The second-order valence-corrected chi connectivity index (χ2v) is 1.73. The maximum atomic E-state index is 4.91. The minimum absolute atomic E-state index is 0. The van der Waals surface area contributed by atoms with E-state index in [0.717, 1.165) is 5.75 Å². The minimum atomic E-state index is 0. The van der Waals surface area contributed by atoms with Crippen LogP contribution in [0.2, 0.25) is 0 Å². The van der Waals surface area contributed by atoms with Gasteiger partial charge in [0.05, 0.1) is 0 Å². The second kappa shape index (κ2) is 7.42. The number of halogens is 2. The van der Waals surface area contributed by atoms with Crippen molar-refractivity contribution < 1.29 is 24.1 Å². The summed E-state index contributed by atoms with van der Waals surface area (Å²) in [4.78, 5) is 0. The Bertz CT molecular complexity index is 157. The number of benzene rings is 1. The zero-order chi connectivity index (χ0) is 5.82. The molecule has 0 saturated carbocycles. The van der Waals surface area contributed by atoms with Gasteiger partial charge in [0.2, 0.25) is 0 Å². The molecule has 10 heavy (non-hydrogen) atoms. The summed E-state index contributed by atoms with van der Waals surface area (Å²) in [5.41, 5.74) is 0. The van der Waals surface area contributed by atoms with Crippen molar-refractivity contribution in [3.63, 3.8) is 0 Å². The van der Waals surface area contributed by atoms with Crippen LogP contribution in [0.4, 0.5) is 0 Å². The van der Waals surface area contributed by atoms with Crippen LogP contribution in [0.5, 0.6) is 5.75 Å². The molecule has 0 N–H and O–H groups in total. The molecule has 0 radical (unpaired) electrons. The Morgan fingerprint density at radius 2 is 1.50 bits per heavy atom. The molecule has 0 heterocycles. The normalized spacial score (nSPS) is 6.70. The molecule has 0 unspecified atom stereocenters. The molecule has 1 nitrogen and oxygen atoms in total. The van der Waals surface area contributed by atoms with E-state index in [1.54, 1.807) is 20.8 Å².